The molecule has 0 saturated heterocycles. The van der Waals surface area contributed by atoms with E-state index in [2.05, 4.69) is 0 Å². The van der Waals surface area contributed by atoms with Gasteiger partial charge >= 0.3 is 0 Å². The molecule has 0 unspecified atom stereocenters. The lowest BCUT2D eigenvalue weighted by molar-refractivity contribution is -0.384. The zero-order valence-electron chi connectivity index (χ0n) is 9.43. The Morgan fingerprint density at radius 3 is 2.81 bits per heavy atom. The van der Waals surface area contributed by atoms with Crippen molar-refractivity contribution < 1.29 is 6.29 Å². The van der Waals surface area contributed by atoms with Crippen LogP contribution in [0.3, 0.4) is 0 Å². The summed E-state index contributed by atoms with van der Waals surface area (Å²) >= 11 is 0. The number of non-ortho nitro benzene ring substituents is 1. The molecule has 0 spiro atoms. The molecule has 0 radical (unpaired) electrons. The molecule has 0 aliphatic heterocycles. The minimum Gasteiger partial charge on any atom is -0.258 e. The normalized spacial score (nSPS) is 12.9. The highest BCUT2D eigenvalue weighted by Gasteiger charge is 2.20. The summed E-state index contributed by atoms with van der Waals surface area (Å²) in [5.74, 6) is 0. The number of hydrogen-bond acceptors (Lipinski definition) is 2. The van der Waals surface area contributed by atoms with Gasteiger partial charge in [0.05, 0.1) is 6.29 Å². The highest BCUT2D eigenvalue weighted by Crippen LogP contribution is 2.37. The van der Waals surface area contributed by atoms with Crippen molar-refractivity contribution in [2.45, 2.75) is 6.42 Å². The van der Waals surface area contributed by atoms with Gasteiger partial charge in [0, 0.05) is 12.1 Å². The van der Waals surface area contributed by atoms with Gasteiger partial charge in [-0.05, 0) is 34.7 Å². The summed E-state index contributed by atoms with van der Waals surface area (Å²) in [6, 6.07) is 10.9. The molecule has 0 saturated carbocycles. The van der Waals surface area contributed by atoms with E-state index in [0.29, 0.717) is 12.5 Å². The maximum Gasteiger partial charge on any atom is 0.269 e. The molecule has 0 atom stereocenters. The van der Waals surface area contributed by atoms with E-state index in [9.17, 15) is 10.1 Å². The molecule has 0 amide bonds. The minimum absolute atomic E-state index is 0.127. The molecule has 2 aromatic carbocycles. The molecule has 1 aliphatic carbocycles. The lowest BCUT2D eigenvalue weighted by Crippen LogP contribution is -1.89. The van der Waals surface area contributed by atoms with Gasteiger partial charge in [0.25, 0.3) is 5.69 Å². The molecule has 3 rings (SSSR count). The molecule has 0 aromatic heterocycles. The first kappa shape index (κ1) is 8.05. The summed E-state index contributed by atoms with van der Waals surface area (Å²) in [5, 5.41) is 10.7. The van der Waals surface area contributed by atoms with E-state index in [1.54, 1.807) is 18.2 Å². The number of nitro groups is 1. The van der Waals surface area contributed by atoms with E-state index in [0.717, 1.165) is 22.3 Å². The van der Waals surface area contributed by atoms with E-state index in [4.69, 9.17) is 1.37 Å². The molecule has 3 heteroatoms. The predicted molar refractivity (Wildman–Crippen MR) is 61.3 cm³/mol. The van der Waals surface area contributed by atoms with Crippen LogP contribution in [0.1, 0.15) is 12.5 Å². The molecule has 0 fully saturated rings. The first-order valence-electron chi connectivity index (χ1n) is 5.52. The lowest BCUT2D eigenvalue weighted by atomic mass is 10.1. The van der Waals surface area contributed by atoms with Crippen LogP contribution in [0.25, 0.3) is 11.1 Å². The third kappa shape index (κ3) is 1.21. The van der Waals surface area contributed by atoms with Crippen molar-refractivity contribution in [1.82, 2.24) is 0 Å². The van der Waals surface area contributed by atoms with Crippen LogP contribution in [0.2, 0.25) is 0 Å². The summed E-state index contributed by atoms with van der Waals surface area (Å²) in [4.78, 5) is 10.3. The molecule has 3 nitrogen and oxygen atoms in total. The van der Waals surface area contributed by atoms with Crippen molar-refractivity contribution in [3.63, 3.8) is 0 Å². The Morgan fingerprint density at radius 2 is 2.00 bits per heavy atom. The second kappa shape index (κ2) is 3.17. The van der Waals surface area contributed by atoms with Crippen LogP contribution in [0.15, 0.2) is 42.4 Å². The van der Waals surface area contributed by atoms with Crippen molar-refractivity contribution in [2.75, 3.05) is 0 Å². The standard InChI is InChI=1S/C13H9NO2/c15-14(16)11-5-6-13-10(8-11)7-9-3-1-2-4-12(9)13/h1-6,8H,7H2/i1D. The second-order valence-corrected chi connectivity index (χ2v) is 3.86. The van der Waals surface area contributed by atoms with Gasteiger partial charge in [-0.3, -0.25) is 10.1 Å². The SMILES string of the molecule is [2H]c1ccc2c(c1)Cc1cc([N+](=O)[O-])ccc1-2. The topological polar surface area (TPSA) is 43.1 Å². The quantitative estimate of drug-likeness (QED) is 0.459. The van der Waals surface area contributed by atoms with Gasteiger partial charge in [-0.2, -0.15) is 0 Å². The number of nitro benzene ring substituents is 1. The van der Waals surface area contributed by atoms with Crippen LogP contribution in [-0.4, -0.2) is 4.92 Å². The van der Waals surface area contributed by atoms with Crippen LogP contribution in [-0.2, 0) is 6.42 Å². The van der Waals surface area contributed by atoms with Gasteiger partial charge < -0.3 is 0 Å². The Kier molecular flexibility index (Phi) is 1.59. The summed E-state index contributed by atoms with van der Waals surface area (Å²) in [7, 11) is 0. The highest BCUT2D eigenvalue weighted by molar-refractivity contribution is 5.77. The largest absolute Gasteiger partial charge is 0.269 e. The van der Waals surface area contributed by atoms with E-state index in [1.165, 1.54) is 6.07 Å². The Bertz CT molecular complexity index is 637. The van der Waals surface area contributed by atoms with E-state index >= 15 is 0 Å². The number of fused-ring (bicyclic) bond motifs is 3. The van der Waals surface area contributed by atoms with Gasteiger partial charge in [0.15, 0.2) is 0 Å². The van der Waals surface area contributed by atoms with Crippen molar-refractivity contribution >= 4 is 5.69 Å². The van der Waals surface area contributed by atoms with Gasteiger partial charge in [-0.15, -0.1) is 0 Å². The van der Waals surface area contributed by atoms with E-state index in [-0.39, 0.29) is 10.6 Å². The van der Waals surface area contributed by atoms with Gasteiger partial charge in [0.1, 0.15) is 0 Å². The summed E-state index contributed by atoms with van der Waals surface area (Å²) in [6.45, 7) is 0. The molecule has 16 heavy (non-hydrogen) atoms. The Morgan fingerprint density at radius 1 is 1.19 bits per heavy atom. The van der Waals surface area contributed by atoms with Gasteiger partial charge in [0.2, 0.25) is 0 Å². The smallest absolute Gasteiger partial charge is 0.258 e. The molecule has 0 bridgehead atoms. The Labute approximate surface area is 93.9 Å². The van der Waals surface area contributed by atoms with Crippen molar-refractivity contribution in [2.24, 2.45) is 0 Å². The Hall–Kier alpha value is -2.16. The lowest BCUT2D eigenvalue weighted by Gasteiger charge is -1.99. The zero-order valence-corrected chi connectivity index (χ0v) is 8.43. The van der Waals surface area contributed by atoms with Crippen molar-refractivity contribution in [1.29, 1.82) is 0 Å². The van der Waals surface area contributed by atoms with Crippen LogP contribution in [0.4, 0.5) is 5.69 Å². The van der Waals surface area contributed by atoms with Gasteiger partial charge in [-0.25, -0.2) is 0 Å². The van der Waals surface area contributed by atoms with Crippen molar-refractivity contribution in [3.8, 4) is 11.1 Å². The fraction of sp³-hybridized carbons (Fsp3) is 0.0769. The summed E-state index contributed by atoms with van der Waals surface area (Å²) in [5.41, 5.74) is 4.31. The minimum atomic E-state index is -0.376. The third-order valence-corrected chi connectivity index (χ3v) is 2.92. The zero-order chi connectivity index (χ0) is 12.0. The van der Waals surface area contributed by atoms with E-state index in [1.807, 2.05) is 12.1 Å². The van der Waals surface area contributed by atoms with E-state index < -0.39 is 0 Å². The Balaban J connectivity index is 2.15. The molecular formula is C13H9NO2. The molecule has 0 heterocycles. The monoisotopic (exact) mass is 212 g/mol. The number of hydrogen-bond donors (Lipinski definition) is 0. The molecular weight excluding hydrogens is 202 g/mol. The fourth-order valence-corrected chi connectivity index (χ4v) is 2.18. The molecule has 1 aliphatic rings. The number of nitrogens with zero attached hydrogens (tertiary/aromatic N) is 1. The fourth-order valence-electron chi connectivity index (χ4n) is 2.18. The molecule has 78 valence electrons. The van der Waals surface area contributed by atoms with Gasteiger partial charge in [-0.1, -0.05) is 24.2 Å². The average molecular weight is 212 g/mol. The summed E-state index contributed by atoms with van der Waals surface area (Å²) < 4.78 is 7.57. The second-order valence-electron chi connectivity index (χ2n) is 3.86. The van der Waals surface area contributed by atoms with Crippen molar-refractivity contribution in [3.05, 3.63) is 63.7 Å². The third-order valence-electron chi connectivity index (χ3n) is 2.92. The van der Waals surface area contributed by atoms with Crippen LogP contribution >= 0.6 is 0 Å². The van der Waals surface area contributed by atoms with Crippen LogP contribution in [0, 0.1) is 10.1 Å². The maximum absolute atomic E-state index is 10.7. The number of rotatable bonds is 1. The highest BCUT2D eigenvalue weighted by atomic mass is 16.6. The molecule has 2 aromatic rings. The maximum atomic E-state index is 10.7. The predicted octanol–water partition coefficient (Wildman–Crippen LogP) is 3.17. The summed E-state index contributed by atoms with van der Waals surface area (Å²) in [6.07, 6.45) is 0.680. The molecule has 0 N–H and O–H groups in total. The first-order valence-corrected chi connectivity index (χ1v) is 5.02. The first-order chi connectivity index (χ1) is 8.15. The average Bonchev–Trinajstić information content (AvgIpc) is 2.64. The number of benzene rings is 2. The van der Waals surface area contributed by atoms with Crippen LogP contribution < -0.4 is 0 Å². The van der Waals surface area contributed by atoms with Crippen LogP contribution in [0.5, 0.6) is 0 Å².